The van der Waals surface area contributed by atoms with Crippen LogP contribution in [0.4, 0.5) is 0 Å². The summed E-state index contributed by atoms with van der Waals surface area (Å²) in [6.07, 6.45) is 1.62. The van der Waals surface area contributed by atoms with Crippen LogP contribution in [0.15, 0.2) is 17.1 Å². The first-order valence-electron chi connectivity index (χ1n) is 5.54. The standard InChI is InChI=1S/C13H15NO3/c1-9-6-11-12(17-5-4-16-11)7-10(9)13(2,3)14-8-15/h6-7H,4-5H2,1-3H3. The zero-order valence-corrected chi connectivity index (χ0v) is 10.2. The van der Waals surface area contributed by atoms with Crippen molar-refractivity contribution in [2.45, 2.75) is 26.3 Å². The van der Waals surface area contributed by atoms with Crippen LogP contribution in [0.2, 0.25) is 0 Å². The monoisotopic (exact) mass is 233 g/mol. The largest absolute Gasteiger partial charge is 0.486 e. The highest BCUT2D eigenvalue weighted by molar-refractivity contribution is 5.50. The second-order valence-electron chi connectivity index (χ2n) is 4.57. The SMILES string of the molecule is Cc1cc2c(cc1C(C)(C)N=C=O)OCCO2. The summed E-state index contributed by atoms with van der Waals surface area (Å²) in [7, 11) is 0. The van der Waals surface area contributed by atoms with E-state index >= 15 is 0 Å². The normalized spacial score (nSPS) is 14.1. The lowest BCUT2D eigenvalue weighted by Crippen LogP contribution is -2.19. The van der Waals surface area contributed by atoms with E-state index in [4.69, 9.17) is 9.47 Å². The number of isocyanates is 1. The van der Waals surface area contributed by atoms with Gasteiger partial charge in [0.15, 0.2) is 11.5 Å². The molecule has 0 fully saturated rings. The van der Waals surface area contributed by atoms with Gasteiger partial charge in [-0.1, -0.05) is 0 Å². The van der Waals surface area contributed by atoms with Crippen LogP contribution in [-0.2, 0) is 10.3 Å². The fourth-order valence-electron chi connectivity index (χ4n) is 2.02. The molecule has 4 heteroatoms. The minimum atomic E-state index is -0.596. The Bertz CT molecular complexity index is 488. The summed E-state index contributed by atoms with van der Waals surface area (Å²) in [5.74, 6) is 1.47. The minimum absolute atomic E-state index is 0.548. The molecule has 1 heterocycles. The lowest BCUT2D eigenvalue weighted by atomic mass is 9.90. The molecule has 17 heavy (non-hydrogen) atoms. The summed E-state index contributed by atoms with van der Waals surface area (Å²) >= 11 is 0. The van der Waals surface area contributed by atoms with E-state index in [2.05, 4.69) is 4.99 Å². The third kappa shape index (κ3) is 2.17. The van der Waals surface area contributed by atoms with Crippen LogP contribution in [0.5, 0.6) is 11.5 Å². The summed E-state index contributed by atoms with van der Waals surface area (Å²) in [5.41, 5.74) is 1.38. The van der Waals surface area contributed by atoms with Crippen molar-refractivity contribution < 1.29 is 14.3 Å². The molecule has 0 aliphatic carbocycles. The van der Waals surface area contributed by atoms with E-state index in [0.717, 1.165) is 16.9 Å². The molecule has 2 rings (SSSR count). The van der Waals surface area contributed by atoms with E-state index in [1.165, 1.54) is 0 Å². The molecular weight excluding hydrogens is 218 g/mol. The molecule has 0 bridgehead atoms. The average molecular weight is 233 g/mol. The predicted octanol–water partition coefficient (Wildman–Crippen LogP) is 2.34. The summed E-state index contributed by atoms with van der Waals surface area (Å²) in [5, 5.41) is 0. The van der Waals surface area contributed by atoms with Crippen molar-refractivity contribution in [3.8, 4) is 11.5 Å². The van der Waals surface area contributed by atoms with E-state index < -0.39 is 5.54 Å². The van der Waals surface area contributed by atoms with Crippen LogP contribution in [0.25, 0.3) is 0 Å². The van der Waals surface area contributed by atoms with Crippen molar-refractivity contribution >= 4 is 6.08 Å². The van der Waals surface area contributed by atoms with E-state index in [0.29, 0.717) is 19.0 Å². The predicted molar refractivity (Wildman–Crippen MR) is 63.3 cm³/mol. The number of carbonyl (C=O) groups excluding carboxylic acids is 1. The Morgan fingerprint density at radius 1 is 1.24 bits per heavy atom. The molecule has 0 unspecified atom stereocenters. The first-order valence-corrected chi connectivity index (χ1v) is 5.54. The number of benzene rings is 1. The zero-order valence-electron chi connectivity index (χ0n) is 10.2. The number of ether oxygens (including phenoxy) is 2. The number of hydrogen-bond donors (Lipinski definition) is 0. The van der Waals surface area contributed by atoms with E-state index in [1.807, 2.05) is 32.9 Å². The fourth-order valence-corrected chi connectivity index (χ4v) is 2.02. The number of aryl methyl sites for hydroxylation is 1. The van der Waals surface area contributed by atoms with Crippen molar-refractivity contribution in [3.63, 3.8) is 0 Å². The Hall–Kier alpha value is -1.80. The van der Waals surface area contributed by atoms with Crippen LogP contribution >= 0.6 is 0 Å². The van der Waals surface area contributed by atoms with Gasteiger partial charge < -0.3 is 9.47 Å². The van der Waals surface area contributed by atoms with Gasteiger partial charge >= 0.3 is 0 Å². The minimum Gasteiger partial charge on any atom is -0.486 e. The van der Waals surface area contributed by atoms with Crippen LogP contribution in [-0.4, -0.2) is 19.3 Å². The van der Waals surface area contributed by atoms with Crippen LogP contribution in [0.1, 0.15) is 25.0 Å². The number of rotatable bonds is 2. The molecule has 1 aliphatic heterocycles. The van der Waals surface area contributed by atoms with Crippen LogP contribution in [0, 0.1) is 6.92 Å². The Kier molecular flexibility index (Phi) is 2.90. The molecule has 0 radical (unpaired) electrons. The van der Waals surface area contributed by atoms with Crippen LogP contribution < -0.4 is 9.47 Å². The second kappa shape index (κ2) is 4.22. The topological polar surface area (TPSA) is 47.9 Å². The maximum atomic E-state index is 10.4. The van der Waals surface area contributed by atoms with Gasteiger partial charge in [0, 0.05) is 0 Å². The van der Waals surface area contributed by atoms with Crippen molar-refractivity contribution in [1.82, 2.24) is 0 Å². The highest BCUT2D eigenvalue weighted by atomic mass is 16.6. The molecule has 90 valence electrons. The third-order valence-electron chi connectivity index (χ3n) is 2.87. The van der Waals surface area contributed by atoms with Gasteiger partial charge in [-0.25, -0.2) is 4.79 Å². The first kappa shape index (κ1) is 11.7. The maximum Gasteiger partial charge on any atom is 0.235 e. The third-order valence-corrected chi connectivity index (χ3v) is 2.87. The van der Waals surface area contributed by atoms with Gasteiger partial charge in [-0.3, -0.25) is 0 Å². The Morgan fingerprint density at radius 3 is 2.41 bits per heavy atom. The first-order chi connectivity index (χ1) is 8.04. The maximum absolute atomic E-state index is 10.4. The lowest BCUT2D eigenvalue weighted by molar-refractivity contribution is 0.171. The molecule has 1 aromatic rings. The molecule has 0 atom stereocenters. The Labute approximate surface area is 100 Å². The van der Waals surface area contributed by atoms with Crippen molar-refractivity contribution in [2.75, 3.05) is 13.2 Å². The van der Waals surface area contributed by atoms with Crippen molar-refractivity contribution in [3.05, 3.63) is 23.3 Å². The molecule has 0 saturated carbocycles. The van der Waals surface area contributed by atoms with Crippen LogP contribution in [0.3, 0.4) is 0 Å². The van der Waals surface area contributed by atoms with Gasteiger partial charge in [0.2, 0.25) is 6.08 Å². The van der Waals surface area contributed by atoms with Crippen molar-refractivity contribution in [2.24, 2.45) is 4.99 Å². The highest BCUT2D eigenvalue weighted by Gasteiger charge is 2.25. The fraction of sp³-hybridized carbons (Fsp3) is 0.462. The molecule has 4 nitrogen and oxygen atoms in total. The molecule has 0 spiro atoms. The number of hydrogen-bond acceptors (Lipinski definition) is 4. The molecule has 1 aliphatic rings. The summed E-state index contributed by atoms with van der Waals surface area (Å²) in [4.78, 5) is 14.3. The van der Waals surface area contributed by atoms with Gasteiger partial charge in [0.1, 0.15) is 13.2 Å². The molecule has 1 aromatic carbocycles. The van der Waals surface area contributed by atoms with Gasteiger partial charge in [-0.2, -0.15) is 4.99 Å². The molecule has 0 aromatic heterocycles. The second-order valence-corrected chi connectivity index (χ2v) is 4.57. The Morgan fingerprint density at radius 2 is 1.82 bits per heavy atom. The van der Waals surface area contributed by atoms with Gasteiger partial charge in [0.25, 0.3) is 0 Å². The molecule has 0 saturated heterocycles. The lowest BCUT2D eigenvalue weighted by Gasteiger charge is -2.25. The summed E-state index contributed by atoms with van der Waals surface area (Å²) in [6.45, 7) is 6.83. The number of aliphatic imine (C=N–C) groups is 1. The quantitative estimate of drug-likeness (QED) is 0.582. The zero-order chi connectivity index (χ0) is 12.5. The smallest absolute Gasteiger partial charge is 0.235 e. The molecule has 0 N–H and O–H groups in total. The van der Waals surface area contributed by atoms with E-state index in [9.17, 15) is 4.79 Å². The summed E-state index contributed by atoms with van der Waals surface area (Å²) in [6, 6.07) is 3.82. The van der Waals surface area contributed by atoms with Crippen molar-refractivity contribution in [1.29, 1.82) is 0 Å². The number of fused-ring (bicyclic) bond motifs is 1. The average Bonchev–Trinajstić information content (AvgIpc) is 2.27. The molecule has 0 amide bonds. The van der Waals surface area contributed by atoms with Gasteiger partial charge in [-0.05, 0) is 44.0 Å². The van der Waals surface area contributed by atoms with E-state index in [1.54, 1.807) is 6.08 Å². The number of nitrogens with zero attached hydrogens (tertiary/aromatic N) is 1. The van der Waals surface area contributed by atoms with Gasteiger partial charge in [-0.15, -0.1) is 0 Å². The Balaban J connectivity index is 2.51. The van der Waals surface area contributed by atoms with Gasteiger partial charge in [0.05, 0.1) is 5.54 Å². The van der Waals surface area contributed by atoms with E-state index in [-0.39, 0.29) is 0 Å². The highest BCUT2D eigenvalue weighted by Crippen LogP contribution is 2.37. The molecular formula is C13H15NO3. The summed E-state index contributed by atoms with van der Waals surface area (Å²) < 4.78 is 11.0.